The quantitative estimate of drug-likeness (QED) is 0.803. The molecule has 0 amide bonds. The van der Waals surface area contributed by atoms with Crippen molar-refractivity contribution in [2.75, 3.05) is 5.32 Å². The van der Waals surface area contributed by atoms with Crippen molar-refractivity contribution in [1.29, 1.82) is 0 Å². The Morgan fingerprint density at radius 1 is 1.32 bits per heavy atom. The van der Waals surface area contributed by atoms with E-state index in [9.17, 15) is 0 Å². The number of rotatable bonds is 5. The van der Waals surface area contributed by atoms with E-state index in [1.54, 1.807) is 0 Å². The summed E-state index contributed by atoms with van der Waals surface area (Å²) < 4.78 is 2.67. The Kier molecular flexibility index (Phi) is 4.47. The molecule has 1 aliphatic rings. The fraction of sp³-hybridized carbons (Fsp3) is 0.688. The molecule has 1 aliphatic carbocycles. The number of hydrogen-bond acceptors (Lipinski definition) is 4. The van der Waals surface area contributed by atoms with Gasteiger partial charge in [-0.15, -0.1) is 0 Å². The van der Waals surface area contributed by atoms with E-state index >= 15 is 0 Å². The topological polar surface area (TPSA) is 58.5 Å². The molecule has 2 aromatic rings. The zero-order chi connectivity index (χ0) is 15.7. The molecule has 2 heterocycles. The molecule has 2 aromatic heterocycles. The summed E-state index contributed by atoms with van der Waals surface area (Å²) in [5.41, 5.74) is 1.93. The van der Waals surface area contributed by atoms with E-state index < -0.39 is 0 Å². The molecule has 0 bridgehead atoms. The van der Waals surface area contributed by atoms with E-state index in [1.807, 2.05) is 4.57 Å². The molecule has 120 valence electrons. The van der Waals surface area contributed by atoms with Gasteiger partial charge in [-0.3, -0.25) is 4.57 Å². The molecule has 3 rings (SSSR count). The maximum Gasteiger partial charge on any atom is 0.203 e. The number of aromatic amines is 1. The molecular formula is C16H25N5S. The van der Waals surface area contributed by atoms with Crippen molar-refractivity contribution in [3.8, 4) is 0 Å². The third-order valence-electron chi connectivity index (χ3n) is 4.32. The second-order valence-corrected chi connectivity index (χ2v) is 6.86. The number of anilines is 1. The molecule has 0 unspecified atom stereocenters. The Balaban J connectivity index is 2.10. The Bertz CT molecular complexity index is 709. The molecule has 0 atom stereocenters. The number of nitrogens with one attached hydrogen (secondary N) is 2. The molecule has 5 nitrogen and oxygen atoms in total. The summed E-state index contributed by atoms with van der Waals surface area (Å²) in [7, 11) is 0. The smallest absolute Gasteiger partial charge is 0.203 e. The van der Waals surface area contributed by atoms with Gasteiger partial charge in [0.2, 0.25) is 4.77 Å². The highest BCUT2D eigenvalue weighted by molar-refractivity contribution is 7.71. The first-order valence-corrected chi connectivity index (χ1v) is 8.78. The Morgan fingerprint density at radius 2 is 2.05 bits per heavy atom. The van der Waals surface area contributed by atoms with Crippen LogP contribution in [0.4, 0.5) is 5.82 Å². The lowest BCUT2D eigenvalue weighted by molar-refractivity contribution is 0.667. The summed E-state index contributed by atoms with van der Waals surface area (Å²) in [5, 5.41) is 3.58. The number of imidazole rings is 1. The first-order chi connectivity index (χ1) is 10.6. The van der Waals surface area contributed by atoms with Crippen LogP contribution >= 0.6 is 12.2 Å². The number of fused-ring (bicyclic) bond motifs is 1. The molecule has 22 heavy (non-hydrogen) atoms. The van der Waals surface area contributed by atoms with E-state index in [2.05, 4.69) is 36.1 Å². The molecule has 6 heteroatoms. The summed E-state index contributed by atoms with van der Waals surface area (Å²) in [6, 6.07) is 0.512. The lowest BCUT2D eigenvalue weighted by Gasteiger charge is -2.15. The van der Waals surface area contributed by atoms with Gasteiger partial charge in [0.25, 0.3) is 0 Å². The van der Waals surface area contributed by atoms with Gasteiger partial charge >= 0.3 is 0 Å². The van der Waals surface area contributed by atoms with Gasteiger partial charge in [-0.1, -0.05) is 33.6 Å². The number of nitrogens with zero attached hydrogens (tertiary/aromatic N) is 3. The monoisotopic (exact) mass is 319 g/mol. The minimum Gasteiger partial charge on any atom is -0.365 e. The van der Waals surface area contributed by atoms with Gasteiger partial charge in [0, 0.05) is 18.5 Å². The fourth-order valence-corrected chi connectivity index (χ4v) is 3.38. The average Bonchev–Trinajstić information content (AvgIpc) is 3.12. The van der Waals surface area contributed by atoms with Crippen LogP contribution in [0, 0.1) is 4.77 Å². The highest BCUT2D eigenvalue weighted by Crippen LogP contribution is 2.27. The zero-order valence-electron chi connectivity index (χ0n) is 13.6. The van der Waals surface area contributed by atoms with Crippen molar-refractivity contribution < 1.29 is 0 Å². The first kappa shape index (κ1) is 15.5. The third kappa shape index (κ3) is 2.89. The molecule has 0 aromatic carbocycles. The molecule has 1 fully saturated rings. The summed E-state index contributed by atoms with van der Waals surface area (Å²) in [6.45, 7) is 7.30. The lowest BCUT2D eigenvalue weighted by Crippen LogP contribution is -2.17. The highest BCUT2D eigenvalue weighted by atomic mass is 32.1. The van der Waals surface area contributed by atoms with Crippen molar-refractivity contribution in [2.45, 2.75) is 71.4 Å². The van der Waals surface area contributed by atoms with Crippen molar-refractivity contribution in [1.82, 2.24) is 19.5 Å². The van der Waals surface area contributed by atoms with Crippen LogP contribution in [-0.2, 0) is 6.54 Å². The van der Waals surface area contributed by atoms with E-state index in [0.717, 1.165) is 35.8 Å². The predicted molar refractivity (Wildman–Crippen MR) is 93.0 cm³/mol. The molecule has 2 N–H and O–H groups in total. The minimum atomic E-state index is 0.357. The average molecular weight is 319 g/mol. The van der Waals surface area contributed by atoms with Gasteiger partial charge in [0.15, 0.2) is 11.5 Å². The lowest BCUT2D eigenvalue weighted by atomic mass is 10.2. The van der Waals surface area contributed by atoms with Crippen LogP contribution in [0.3, 0.4) is 0 Å². The van der Waals surface area contributed by atoms with E-state index in [1.165, 1.54) is 25.7 Å². The highest BCUT2D eigenvalue weighted by Gasteiger charge is 2.20. The molecular weight excluding hydrogens is 294 g/mol. The maximum absolute atomic E-state index is 5.51. The fourth-order valence-electron chi connectivity index (χ4n) is 3.11. The van der Waals surface area contributed by atoms with Crippen LogP contribution in [0.5, 0.6) is 0 Å². The van der Waals surface area contributed by atoms with Gasteiger partial charge in [-0.2, -0.15) is 0 Å². The Labute approximate surface area is 136 Å². The molecule has 1 saturated carbocycles. The van der Waals surface area contributed by atoms with Gasteiger partial charge in [0.05, 0.1) is 0 Å². The molecule has 0 aliphatic heterocycles. The largest absolute Gasteiger partial charge is 0.365 e. The molecule has 0 spiro atoms. The van der Waals surface area contributed by atoms with Gasteiger partial charge in [-0.05, 0) is 31.5 Å². The van der Waals surface area contributed by atoms with Gasteiger partial charge < -0.3 is 10.3 Å². The summed E-state index contributed by atoms with van der Waals surface area (Å²) in [6.07, 6.45) is 6.04. The maximum atomic E-state index is 5.51. The summed E-state index contributed by atoms with van der Waals surface area (Å²) in [5.74, 6) is 2.23. The van der Waals surface area contributed by atoms with E-state index in [0.29, 0.717) is 16.7 Å². The summed E-state index contributed by atoms with van der Waals surface area (Å²) >= 11 is 5.51. The first-order valence-electron chi connectivity index (χ1n) is 8.37. The van der Waals surface area contributed by atoms with E-state index in [-0.39, 0.29) is 0 Å². The second kappa shape index (κ2) is 6.36. The van der Waals surface area contributed by atoms with Crippen LogP contribution in [-0.4, -0.2) is 25.6 Å². The van der Waals surface area contributed by atoms with Crippen molar-refractivity contribution in [2.24, 2.45) is 0 Å². The number of hydrogen-bond donors (Lipinski definition) is 2. The molecule has 0 radical (unpaired) electrons. The third-order valence-corrected chi connectivity index (χ3v) is 4.64. The molecule has 0 saturated heterocycles. The Morgan fingerprint density at radius 3 is 2.68 bits per heavy atom. The van der Waals surface area contributed by atoms with Gasteiger partial charge in [-0.25, -0.2) is 9.97 Å². The van der Waals surface area contributed by atoms with Crippen molar-refractivity contribution >= 4 is 29.2 Å². The number of aromatic nitrogens is 4. The number of aryl methyl sites for hydroxylation is 1. The van der Waals surface area contributed by atoms with Crippen LogP contribution < -0.4 is 5.32 Å². The predicted octanol–water partition coefficient (Wildman–Crippen LogP) is 4.38. The second-order valence-electron chi connectivity index (χ2n) is 6.50. The minimum absolute atomic E-state index is 0.357. The number of H-pyrrole nitrogens is 1. The van der Waals surface area contributed by atoms with E-state index in [4.69, 9.17) is 17.2 Å². The van der Waals surface area contributed by atoms with Crippen LogP contribution in [0.1, 0.15) is 64.6 Å². The van der Waals surface area contributed by atoms with Crippen LogP contribution in [0.15, 0.2) is 0 Å². The van der Waals surface area contributed by atoms with Crippen molar-refractivity contribution in [3.63, 3.8) is 0 Å². The standard InChI is InChI=1S/C16H25N5S/c1-4-9-21-15-12(18-13(19-15)10(2)3)14(20-16(21)22)17-11-7-5-6-8-11/h10-11H,4-9H2,1-3H3,(H,18,19)(H,17,20,22). The summed E-state index contributed by atoms with van der Waals surface area (Å²) in [4.78, 5) is 12.9. The Hall–Kier alpha value is -1.43. The van der Waals surface area contributed by atoms with Crippen molar-refractivity contribution in [3.05, 3.63) is 10.6 Å². The normalized spacial score (nSPS) is 16.0. The van der Waals surface area contributed by atoms with Crippen LogP contribution in [0.25, 0.3) is 11.2 Å². The SMILES string of the molecule is CCCn1c(=S)nc(NC2CCCC2)c2[nH]c(C(C)C)nc21. The zero-order valence-corrected chi connectivity index (χ0v) is 14.5. The van der Waals surface area contributed by atoms with Gasteiger partial charge in [0.1, 0.15) is 11.3 Å². The van der Waals surface area contributed by atoms with Crippen LogP contribution in [0.2, 0.25) is 0 Å².